The Morgan fingerprint density at radius 1 is 1.29 bits per heavy atom. The lowest BCUT2D eigenvalue weighted by Crippen LogP contribution is -2.47. The van der Waals surface area contributed by atoms with Crippen molar-refractivity contribution >= 4 is 34.5 Å². The van der Waals surface area contributed by atoms with Gasteiger partial charge in [-0.2, -0.15) is 0 Å². The summed E-state index contributed by atoms with van der Waals surface area (Å²) in [5.74, 6) is -1.59. The maximum atomic E-state index is 11.8. The molecular formula is C15H20INO4. The summed E-state index contributed by atoms with van der Waals surface area (Å²) in [5, 5.41) is 21.4. The van der Waals surface area contributed by atoms with Crippen LogP contribution < -0.4 is 5.32 Å². The number of carbonyl (C=O) groups is 2. The predicted molar refractivity (Wildman–Crippen MR) is 87.9 cm³/mol. The summed E-state index contributed by atoms with van der Waals surface area (Å²) in [5.41, 5.74) is 0.851. The van der Waals surface area contributed by atoms with Crippen molar-refractivity contribution in [1.29, 1.82) is 0 Å². The maximum absolute atomic E-state index is 11.8. The summed E-state index contributed by atoms with van der Waals surface area (Å²) in [4.78, 5) is 23.1. The van der Waals surface area contributed by atoms with Gasteiger partial charge in [-0.15, -0.1) is 0 Å². The Balaban J connectivity index is 2.73. The van der Waals surface area contributed by atoms with E-state index in [1.165, 1.54) is 0 Å². The molecule has 21 heavy (non-hydrogen) atoms. The number of aliphatic hydroxyl groups is 1. The molecule has 116 valence electrons. The number of halogens is 1. The van der Waals surface area contributed by atoms with Crippen molar-refractivity contribution in [3.63, 3.8) is 0 Å². The number of carboxylic acids is 1. The fourth-order valence-electron chi connectivity index (χ4n) is 1.91. The largest absolute Gasteiger partial charge is 0.480 e. The van der Waals surface area contributed by atoms with Crippen LogP contribution in [0.25, 0.3) is 0 Å². The maximum Gasteiger partial charge on any atom is 0.326 e. The summed E-state index contributed by atoms with van der Waals surface area (Å²) < 4.78 is 0.943. The lowest BCUT2D eigenvalue weighted by atomic mass is 10.0. The van der Waals surface area contributed by atoms with Crippen molar-refractivity contribution in [2.45, 2.75) is 38.8 Å². The molecule has 0 heterocycles. The Hall–Kier alpha value is -1.15. The Labute approximate surface area is 137 Å². The molecule has 0 bridgehead atoms. The molecule has 5 nitrogen and oxygen atoms in total. The molecule has 0 aliphatic carbocycles. The second kappa shape index (κ2) is 8.33. The Morgan fingerprint density at radius 2 is 1.90 bits per heavy atom. The van der Waals surface area contributed by atoms with E-state index in [9.17, 15) is 19.8 Å². The Kier molecular flexibility index (Phi) is 7.10. The molecular weight excluding hydrogens is 385 g/mol. The molecule has 0 aromatic heterocycles. The smallest absolute Gasteiger partial charge is 0.326 e. The Bertz CT molecular complexity index is 504. The molecule has 0 saturated carbocycles. The van der Waals surface area contributed by atoms with E-state index in [0.29, 0.717) is 6.42 Å². The summed E-state index contributed by atoms with van der Waals surface area (Å²) in [7, 11) is 0. The monoisotopic (exact) mass is 405 g/mol. The van der Waals surface area contributed by atoms with Crippen molar-refractivity contribution in [1.82, 2.24) is 5.32 Å². The molecule has 1 aromatic carbocycles. The van der Waals surface area contributed by atoms with Gasteiger partial charge in [-0.1, -0.05) is 32.0 Å². The minimum absolute atomic E-state index is 0.157. The first-order chi connectivity index (χ1) is 9.81. The van der Waals surface area contributed by atoms with Crippen LogP contribution in [0.5, 0.6) is 0 Å². The summed E-state index contributed by atoms with van der Waals surface area (Å²) in [6.45, 7) is 3.77. The summed E-state index contributed by atoms with van der Waals surface area (Å²) in [6.07, 6.45) is -0.683. The van der Waals surface area contributed by atoms with E-state index in [-0.39, 0.29) is 12.3 Å². The lowest BCUT2D eigenvalue weighted by molar-refractivity contribution is -0.143. The number of carboxylic acid groups (broad SMARTS) is 1. The Morgan fingerprint density at radius 3 is 2.43 bits per heavy atom. The molecule has 3 N–H and O–H groups in total. The van der Waals surface area contributed by atoms with Crippen LogP contribution in [0.1, 0.15) is 25.8 Å². The number of rotatable bonds is 7. The van der Waals surface area contributed by atoms with Gasteiger partial charge in [0, 0.05) is 9.99 Å². The zero-order valence-corrected chi connectivity index (χ0v) is 14.2. The van der Waals surface area contributed by atoms with E-state index in [1.54, 1.807) is 0 Å². The third-order valence-corrected chi connectivity index (χ3v) is 4.05. The first-order valence-electron chi connectivity index (χ1n) is 6.76. The number of nitrogens with one attached hydrogen (secondary N) is 1. The molecule has 1 aromatic rings. The van der Waals surface area contributed by atoms with E-state index in [0.717, 1.165) is 9.13 Å². The van der Waals surface area contributed by atoms with Crippen molar-refractivity contribution in [3.8, 4) is 0 Å². The fourth-order valence-corrected chi connectivity index (χ4v) is 2.51. The number of hydrogen-bond donors (Lipinski definition) is 3. The molecule has 6 heteroatoms. The van der Waals surface area contributed by atoms with Gasteiger partial charge in [-0.05, 0) is 46.6 Å². The second-order valence-corrected chi connectivity index (χ2v) is 6.50. The zero-order chi connectivity index (χ0) is 16.0. The average Bonchev–Trinajstić information content (AvgIpc) is 2.39. The molecule has 0 saturated heterocycles. The lowest BCUT2D eigenvalue weighted by Gasteiger charge is -2.18. The number of aliphatic hydroxyl groups excluding tert-OH is 1. The van der Waals surface area contributed by atoms with Gasteiger partial charge in [0.05, 0.1) is 0 Å². The highest BCUT2D eigenvalue weighted by Gasteiger charge is 2.25. The van der Waals surface area contributed by atoms with E-state index in [1.807, 2.05) is 38.1 Å². The van der Waals surface area contributed by atoms with E-state index < -0.39 is 24.0 Å². The average molecular weight is 405 g/mol. The first-order valence-corrected chi connectivity index (χ1v) is 7.83. The molecule has 1 rings (SSSR count). The van der Waals surface area contributed by atoms with E-state index in [2.05, 4.69) is 27.9 Å². The van der Waals surface area contributed by atoms with Gasteiger partial charge >= 0.3 is 5.97 Å². The SMILES string of the molecule is CC(C)C[C@H](O)C(=O)N[C@@H](Cc1ccccc1I)C(=O)O. The summed E-state index contributed by atoms with van der Waals surface area (Å²) in [6, 6.07) is 6.35. The van der Waals surface area contributed by atoms with Crippen LogP contribution in [0.3, 0.4) is 0 Å². The zero-order valence-electron chi connectivity index (χ0n) is 12.0. The van der Waals surface area contributed by atoms with Gasteiger partial charge in [0.25, 0.3) is 0 Å². The minimum atomic E-state index is -1.18. The number of aliphatic carboxylic acids is 1. The van der Waals surface area contributed by atoms with Crippen molar-refractivity contribution in [3.05, 3.63) is 33.4 Å². The molecule has 0 radical (unpaired) electrons. The van der Waals surface area contributed by atoms with Gasteiger partial charge in [0.2, 0.25) is 5.91 Å². The van der Waals surface area contributed by atoms with E-state index in [4.69, 9.17) is 0 Å². The molecule has 0 spiro atoms. The van der Waals surface area contributed by atoms with Crippen molar-refractivity contribution in [2.75, 3.05) is 0 Å². The number of amides is 1. The highest BCUT2D eigenvalue weighted by molar-refractivity contribution is 14.1. The molecule has 0 aliphatic rings. The normalized spacial score (nSPS) is 13.8. The second-order valence-electron chi connectivity index (χ2n) is 5.34. The molecule has 0 aliphatic heterocycles. The van der Waals surface area contributed by atoms with Crippen molar-refractivity contribution in [2.24, 2.45) is 5.92 Å². The number of hydrogen-bond acceptors (Lipinski definition) is 3. The van der Waals surface area contributed by atoms with Gasteiger partial charge in [-0.3, -0.25) is 4.79 Å². The standard InChI is InChI=1S/C15H20INO4/c1-9(2)7-13(18)14(19)17-12(15(20)21)8-10-5-3-4-6-11(10)16/h3-6,9,12-13,18H,7-8H2,1-2H3,(H,17,19)(H,20,21)/t12-,13-/m0/s1. The molecule has 1 amide bonds. The molecule has 0 unspecified atom stereocenters. The van der Waals surface area contributed by atoms with Gasteiger partial charge < -0.3 is 15.5 Å². The van der Waals surface area contributed by atoms with Crippen LogP contribution in [0.2, 0.25) is 0 Å². The first kappa shape index (κ1) is 17.9. The van der Waals surface area contributed by atoms with Crippen LogP contribution in [0, 0.1) is 9.49 Å². The number of carbonyl (C=O) groups excluding carboxylic acids is 1. The third-order valence-electron chi connectivity index (χ3n) is 2.99. The van der Waals surface area contributed by atoms with Gasteiger partial charge in [0.1, 0.15) is 12.1 Å². The highest BCUT2D eigenvalue weighted by Crippen LogP contribution is 2.14. The third kappa shape index (κ3) is 6.01. The molecule has 2 atom stereocenters. The quantitative estimate of drug-likeness (QED) is 0.604. The van der Waals surface area contributed by atoms with Crippen LogP contribution in [-0.2, 0) is 16.0 Å². The van der Waals surface area contributed by atoms with Gasteiger partial charge in [0.15, 0.2) is 0 Å². The van der Waals surface area contributed by atoms with E-state index >= 15 is 0 Å². The van der Waals surface area contributed by atoms with Crippen LogP contribution >= 0.6 is 22.6 Å². The molecule has 0 fully saturated rings. The fraction of sp³-hybridized carbons (Fsp3) is 0.467. The van der Waals surface area contributed by atoms with Crippen molar-refractivity contribution < 1.29 is 19.8 Å². The van der Waals surface area contributed by atoms with Gasteiger partial charge in [-0.25, -0.2) is 4.79 Å². The van der Waals surface area contributed by atoms with Crippen LogP contribution in [0.15, 0.2) is 24.3 Å². The highest BCUT2D eigenvalue weighted by atomic mass is 127. The van der Waals surface area contributed by atoms with Crippen LogP contribution in [-0.4, -0.2) is 34.2 Å². The topological polar surface area (TPSA) is 86.6 Å². The summed E-state index contributed by atoms with van der Waals surface area (Å²) >= 11 is 2.13. The number of benzene rings is 1. The predicted octanol–water partition coefficient (Wildman–Crippen LogP) is 1.81. The van der Waals surface area contributed by atoms with Crippen LogP contribution in [0.4, 0.5) is 0 Å². The minimum Gasteiger partial charge on any atom is -0.480 e.